The van der Waals surface area contributed by atoms with Gasteiger partial charge in [-0.15, -0.1) is 0 Å². The van der Waals surface area contributed by atoms with Crippen molar-refractivity contribution in [2.75, 3.05) is 22.5 Å². The molecule has 0 spiro atoms. The quantitative estimate of drug-likeness (QED) is 0.246. The second kappa shape index (κ2) is 8.87. The van der Waals surface area contributed by atoms with Gasteiger partial charge in [-0.05, 0) is 24.3 Å². The molecular formula is C16H24N2O12P8. The molecule has 22 heteroatoms. The first-order chi connectivity index (χ1) is 17.3. The Kier molecular flexibility index (Phi) is 6.94. The highest BCUT2D eigenvalue weighted by atomic mass is 32.7. The van der Waals surface area contributed by atoms with Gasteiger partial charge in [0.1, 0.15) is 0 Å². The van der Waals surface area contributed by atoms with Gasteiger partial charge in [-0.1, -0.05) is 27.7 Å². The molecule has 1 aromatic rings. The number of benzene rings is 1. The zero-order valence-electron chi connectivity index (χ0n) is 20.4. The van der Waals surface area contributed by atoms with E-state index >= 15 is 0 Å². The Labute approximate surface area is 220 Å². The average Bonchev–Trinajstić information content (AvgIpc) is 2.78. The summed E-state index contributed by atoms with van der Waals surface area (Å²) in [4.78, 5) is 0. The number of hydrogen-bond donors (Lipinski definition) is 2. The fourth-order valence-corrected chi connectivity index (χ4v) is 44.9. The van der Waals surface area contributed by atoms with Crippen LogP contribution in [0.5, 0.6) is 0 Å². The highest BCUT2D eigenvalue weighted by molar-refractivity contribution is 8.78. The molecule has 0 amide bonds. The number of fused-ring (bicyclic) bond motifs is 4. The molecule has 6 aliphatic rings. The SMILES string of the molecule is CC1(C)CP(=O)(P(=O)(Nc2ccc(NP(=O)(P=O)P3(=O)CC(C)(C)C4OP3(=O)O4)cc2)P=O)P2(=O)OC1O2. The van der Waals surface area contributed by atoms with Crippen LogP contribution < -0.4 is 10.2 Å². The third kappa shape index (κ3) is 3.99. The van der Waals surface area contributed by atoms with E-state index in [9.17, 15) is 36.5 Å². The van der Waals surface area contributed by atoms with Gasteiger partial charge in [0.05, 0.1) is 0 Å². The van der Waals surface area contributed by atoms with Gasteiger partial charge in [0, 0.05) is 34.5 Å². The lowest BCUT2D eigenvalue weighted by Gasteiger charge is -2.53. The maximum atomic E-state index is 13.8. The first-order valence-corrected chi connectivity index (χ1v) is 27.2. The van der Waals surface area contributed by atoms with Gasteiger partial charge in [0.2, 0.25) is 0 Å². The molecule has 4 atom stereocenters. The van der Waals surface area contributed by atoms with Crippen molar-refractivity contribution in [2.45, 2.75) is 40.3 Å². The van der Waals surface area contributed by atoms with E-state index in [1.54, 1.807) is 27.7 Å². The molecule has 0 aliphatic carbocycles. The van der Waals surface area contributed by atoms with Crippen molar-refractivity contribution in [1.29, 1.82) is 0 Å². The van der Waals surface area contributed by atoms with Crippen LogP contribution in [0.4, 0.5) is 11.4 Å². The minimum Gasteiger partial charge on any atom is -0.322 e. The van der Waals surface area contributed by atoms with Crippen LogP contribution in [0.25, 0.3) is 0 Å². The van der Waals surface area contributed by atoms with Gasteiger partial charge in [0.25, 0.3) is 29.3 Å². The van der Waals surface area contributed by atoms with Crippen LogP contribution in [-0.2, 0) is 54.6 Å². The van der Waals surface area contributed by atoms with Crippen LogP contribution >= 0.6 is 57.2 Å². The maximum Gasteiger partial charge on any atom is 0.400 e. The van der Waals surface area contributed by atoms with Crippen LogP contribution in [0.1, 0.15) is 27.7 Å². The maximum absolute atomic E-state index is 13.8. The Hall–Kier alpha value is 0.240. The van der Waals surface area contributed by atoms with Gasteiger partial charge in [-0.25, -0.2) is 0 Å². The highest BCUT2D eigenvalue weighted by Gasteiger charge is 2.75. The standard InChI is InChI=1S/C16H24N2O12P8/c1-15(2)9-33(21,37(25)27-13(15)28-37)35(23,31-19)17-11-5-7-12(8-6-11)18-36(24,32-20)34(22)10-16(3,4)14-29-38(34,26)30-14/h5-8,13-14H,9-10H2,1-4H3,(H,17,23)(H,18,24). The van der Waals surface area contributed by atoms with E-state index in [1.807, 2.05) is 0 Å². The highest BCUT2D eigenvalue weighted by Crippen LogP contribution is 3.09. The normalized spacial score (nSPS) is 43.6. The Balaban J connectivity index is 1.40. The molecule has 14 nitrogen and oxygen atoms in total. The number of nitrogens with one attached hydrogen (secondary N) is 2. The van der Waals surface area contributed by atoms with E-state index in [-0.39, 0.29) is 23.7 Å². The zero-order valence-corrected chi connectivity index (χ0v) is 27.5. The summed E-state index contributed by atoms with van der Waals surface area (Å²) in [6.07, 6.45) is -2.28. The summed E-state index contributed by atoms with van der Waals surface area (Å²) in [5, 5.41) is 4.95. The molecule has 210 valence electrons. The Bertz CT molecular complexity index is 1410. The van der Waals surface area contributed by atoms with Crippen molar-refractivity contribution in [2.24, 2.45) is 10.8 Å². The summed E-state index contributed by atoms with van der Waals surface area (Å²) < 4.78 is 126. The molecule has 6 fully saturated rings. The minimum absolute atomic E-state index is 0.0470. The van der Waals surface area contributed by atoms with Crippen LogP contribution in [0.3, 0.4) is 0 Å². The largest absolute Gasteiger partial charge is 0.400 e. The van der Waals surface area contributed by atoms with E-state index < -0.39 is 80.7 Å². The van der Waals surface area contributed by atoms with Gasteiger partial charge in [-0.2, -0.15) is 0 Å². The van der Waals surface area contributed by atoms with E-state index in [2.05, 4.69) is 10.2 Å². The second-order valence-electron chi connectivity index (χ2n) is 10.7. The molecule has 7 rings (SSSR count). The van der Waals surface area contributed by atoms with Crippen LogP contribution in [0.15, 0.2) is 24.3 Å². The molecule has 4 bridgehead atoms. The smallest absolute Gasteiger partial charge is 0.322 e. The molecule has 4 unspecified atom stereocenters. The Morgan fingerprint density at radius 3 is 1.26 bits per heavy atom. The van der Waals surface area contributed by atoms with Gasteiger partial charge in [-0.3, -0.25) is 54.6 Å². The second-order valence-corrected chi connectivity index (χ2v) is 41.9. The van der Waals surface area contributed by atoms with E-state index in [4.69, 9.17) is 18.1 Å². The van der Waals surface area contributed by atoms with Crippen molar-refractivity contribution in [1.82, 2.24) is 0 Å². The van der Waals surface area contributed by atoms with Gasteiger partial charge >= 0.3 is 27.9 Å². The molecule has 6 heterocycles. The predicted octanol–water partition coefficient (Wildman–Crippen LogP) is 9.08. The van der Waals surface area contributed by atoms with Crippen molar-refractivity contribution in [3.05, 3.63) is 24.3 Å². The minimum atomic E-state index is -4.43. The van der Waals surface area contributed by atoms with Gasteiger partial charge < -0.3 is 10.2 Å². The molecular weight excluding hydrogens is 660 g/mol. The fraction of sp³-hybridized carbons (Fsp3) is 0.625. The predicted molar refractivity (Wildman–Crippen MR) is 144 cm³/mol. The van der Waals surface area contributed by atoms with Crippen molar-refractivity contribution >= 4 is 68.6 Å². The van der Waals surface area contributed by atoms with E-state index in [1.165, 1.54) is 24.3 Å². The molecule has 2 N–H and O–H groups in total. The van der Waals surface area contributed by atoms with Gasteiger partial charge in [0.15, 0.2) is 12.6 Å². The molecule has 0 radical (unpaired) electrons. The first-order valence-electron chi connectivity index (χ1n) is 11.0. The van der Waals surface area contributed by atoms with Crippen LogP contribution in [0, 0.1) is 10.8 Å². The molecule has 6 saturated heterocycles. The number of hydrogen-bond acceptors (Lipinski definition) is 12. The van der Waals surface area contributed by atoms with E-state index in [0.29, 0.717) is 0 Å². The lowest BCUT2D eigenvalue weighted by atomic mass is 9.96. The van der Waals surface area contributed by atoms with Crippen LogP contribution in [0.2, 0.25) is 0 Å². The number of anilines is 2. The van der Waals surface area contributed by atoms with Crippen molar-refractivity contribution in [3.8, 4) is 0 Å². The summed E-state index contributed by atoms with van der Waals surface area (Å²) in [6, 6.07) is 5.13. The Morgan fingerprint density at radius 1 is 0.711 bits per heavy atom. The molecule has 6 aliphatic heterocycles. The first kappa shape index (κ1) is 29.7. The summed E-state index contributed by atoms with van der Waals surface area (Å²) in [6.45, 7) is -11.0. The molecule has 38 heavy (non-hydrogen) atoms. The Morgan fingerprint density at radius 2 is 1.00 bits per heavy atom. The fourth-order valence-electron chi connectivity index (χ4n) is 4.50. The summed E-state index contributed by atoms with van der Waals surface area (Å²) in [5.41, 5.74) is -1.69. The third-order valence-electron chi connectivity index (χ3n) is 6.69. The summed E-state index contributed by atoms with van der Waals surface area (Å²) in [7, 11) is -10.6. The molecule has 0 aromatic heterocycles. The topological polar surface area (TPSA) is 198 Å². The summed E-state index contributed by atoms with van der Waals surface area (Å²) >= 11 is 0. The van der Waals surface area contributed by atoms with Crippen molar-refractivity contribution < 1.29 is 54.6 Å². The molecule has 0 saturated carbocycles. The zero-order chi connectivity index (χ0) is 28.2. The molecule has 1 aromatic carbocycles. The average molecular weight is 684 g/mol. The number of rotatable bonds is 8. The lowest BCUT2D eigenvalue weighted by Crippen LogP contribution is -2.46. The monoisotopic (exact) mass is 684 g/mol. The lowest BCUT2D eigenvalue weighted by molar-refractivity contribution is -0.151. The van der Waals surface area contributed by atoms with E-state index in [0.717, 1.165) is 0 Å². The summed E-state index contributed by atoms with van der Waals surface area (Å²) in [5.74, 6) is 0. The third-order valence-corrected chi connectivity index (χ3v) is 48.3. The van der Waals surface area contributed by atoms with Crippen LogP contribution in [-0.4, -0.2) is 24.9 Å². The van der Waals surface area contributed by atoms with Crippen molar-refractivity contribution in [3.63, 3.8) is 0 Å².